The Labute approximate surface area is 198 Å². The molecular weight excluding hydrogens is 510 g/mol. The highest BCUT2D eigenvalue weighted by Crippen LogP contribution is 2.38. The Morgan fingerprint density at radius 1 is 1.27 bits per heavy atom. The largest absolute Gasteiger partial charge is 0.446 e. The van der Waals surface area contributed by atoms with Crippen molar-refractivity contribution in [1.29, 1.82) is 5.26 Å². The van der Waals surface area contributed by atoms with Crippen LogP contribution in [0.4, 0.5) is 22.0 Å². The van der Waals surface area contributed by atoms with Crippen LogP contribution in [0.2, 0.25) is 10.0 Å². The maximum Gasteiger partial charge on any atom is 0.446 e. The van der Waals surface area contributed by atoms with Crippen LogP contribution in [0, 0.1) is 11.3 Å². The molecule has 0 unspecified atom stereocenters. The standard InChI is InChI=1S/C20H13Cl2F5N4OS/c1-19(8-28,29-18(32)10-2-4-11(5-3-10)33-20(25,26)27)9-31-7-13-12(17(23)24)6-14(21)15(22)16(13)30-31/h2-7,17H,9H2,1H3,(H,29,32)/t19-/m1/s1. The Bertz CT molecular complexity index is 1240. The van der Waals surface area contributed by atoms with E-state index >= 15 is 0 Å². The van der Waals surface area contributed by atoms with E-state index in [0.29, 0.717) is 0 Å². The summed E-state index contributed by atoms with van der Waals surface area (Å²) in [6.07, 6.45) is -1.58. The number of nitrogens with one attached hydrogen (secondary N) is 1. The Kier molecular flexibility index (Phi) is 7.12. The summed E-state index contributed by atoms with van der Waals surface area (Å²) in [7, 11) is 0. The molecule has 0 aliphatic carbocycles. The molecule has 0 radical (unpaired) electrons. The molecule has 0 saturated carbocycles. The lowest BCUT2D eigenvalue weighted by Gasteiger charge is -2.23. The molecule has 13 heteroatoms. The van der Waals surface area contributed by atoms with Crippen molar-refractivity contribution in [1.82, 2.24) is 15.1 Å². The summed E-state index contributed by atoms with van der Waals surface area (Å²) in [5.74, 6) is -0.714. The number of rotatable bonds is 6. The fourth-order valence-corrected chi connectivity index (χ4v) is 3.95. The minimum Gasteiger partial charge on any atom is -0.332 e. The van der Waals surface area contributed by atoms with E-state index in [2.05, 4.69) is 10.4 Å². The van der Waals surface area contributed by atoms with Crippen LogP contribution in [0.5, 0.6) is 0 Å². The topological polar surface area (TPSA) is 70.7 Å². The average molecular weight is 523 g/mol. The van der Waals surface area contributed by atoms with Gasteiger partial charge < -0.3 is 5.32 Å². The van der Waals surface area contributed by atoms with E-state index in [1.165, 1.54) is 29.9 Å². The van der Waals surface area contributed by atoms with Gasteiger partial charge in [-0.05, 0) is 49.0 Å². The van der Waals surface area contributed by atoms with Gasteiger partial charge in [-0.15, -0.1) is 0 Å². The average Bonchev–Trinajstić information content (AvgIpc) is 3.13. The van der Waals surface area contributed by atoms with Gasteiger partial charge in [0.05, 0.1) is 22.7 Å². The summed E-state index contributed by atoms with van der Waals surface area (Å²) < 4.78 is 65.3. The molecule has 0 saturated heterocycles. The van der Waals surface area contributed by atoms with E-state index in [0.717, 1.165) is 18.2 Å². The molecule has 0 spiro atoms. The highest BCUT2D eigenvalue weighted by molar-refractivity contribution is 8.00. The highest BCUT2D eigenvalue weighted by atomic mass is 35.5. The molecule has 3 aromatic rings. The number of carbonyl (C=O) groups excluding carboxylic acids is 1. The molecule has 3 rings (SSSR count). The maximum atomic E-state index is 13.4. The number of nitriles is 1. The molecule has 0 fully saturated rings. The Morgan fingerprint density at radius 2 is 1.91 bits per heavy atom. The zero-order valence-corrected chi connectivity index (χ0v) is 18.9. The van der Waals surface area contributed by atoms with Gasteiger partial charge in [0.1, 0.15) is 11.1 Å². The van der Waals surface area contributed by atoms with Crippen molar-refractivity contribution in [2.45, 2.75) is 35.8 Å². The predicted molar refractivity (Wildman–Crippen MR) is 115 cm³/mol. The van der Waals surface area contributed by atoms with E-state index in [-0.39, 0.29) is 55.3 Å². The van der Waals surface area contributed by atoms with Crippen molar-refractivity contribution in [3.8, 4) is 6.07 Å². The van der Waals surface area contributed by atoms with Crippen LogP contribution in [0.25, 0.3) is 10.9 Å². The number of thioether (sulfide) groups is 1. The number of halogens is 7. The molecule has 1 atom stereocenters. The number of nitrogens with zero attached hydrogens (tertiary/aromatic N) is 3. The molecule has 0 bridgehead atoms. The number of amides is 1. The molecule has 0 aliphatic rings. The first-order chi connectivity index (χ1) is 15.3. The first kappa shape index (κ1) is 25.1. The van der Waals surface area contributed by atoms with Crippen LogP contribution >= 0.6 is 35.0 Å². The fourth-order valence-electron chi connectivity index (χ4n) is 3.00. The molecule has 0 aliphatic heterocycles. The van der Waals surface area contributed by atoms with Crippen molar-refractivity contribution < 1.29 is 26.7 Å². The molecule has 174 valence electrons. The third kappa shape index (κ3) is 5.88. The van der Waals surface area contributed by atoms with Crippen LogP contribution in [-0.2, 0) is 6.54 Å². The van der Waals surface area contributed by atoms with Gasteiger partial charge in [0, 0.05) is 27.6 Å². The minimum atomic E-state index is -4.46. The van der Waals surface area contributed by atoms with E-state index < -0.39 is 23.4 Å². The van der Waals surface area contributed by atoms with Crippen molar-refractivity contribution in [2.75, 3.05) is 0 Å². The molecule has 5 nitrogen and oxygen atoms in total. The maximum absolute atomic E-state index is 13.4. The summed E-state index contributed by atoms with van der Waals surface area (Å²) in [4.78, 5) is 12.5. The predicted octanol–water partition coefficient (Wildman–Crippen LogP) is 6.60. The Morgan fingerprint density at radius 3 is 2.45 bits per heavy atom. The SMILES string of the molecule is C[C@@](C#N)(Cn1cc2c(C(F)F)cc(Cl)c(Cl)c2n1)NC(=O)c1ccc(SC(F)(F)F)cc1. The number of hydrogen-bond donors (Lipinski definition) is 1. The molecule has 2 aromatic carbocycles. The van der Waals surface area contributed by atoms with E-state index in [9.17, 15) is 32.0 Å². The number of alkyl halides is 5. The van der Waals surface area contributed by atoms with Crippen LogP contribution in [-0.4, -0.2) is 26.7 Å². The summed E-state index contributed by atoms with van der Waals surface area (Å²) in [5, 5.41) is 16.2. The van der Waals surface area contributed by atoms with Gasteiger partial charge in [-0.2, -0.15) is 23.5 Å². The summed E-state index contributed by atoms with van der Waals surface area (Å²) in [5.41, 5.74) is -6.34. The normalized spacial score (nSPS) is 13.7. The van der Waals surface area contributed by atoms with Gasteiger partial charge in [-0.1, -0.05) is 23.2 Å². The molecule has 33 heavy (non-hydrogen) atoms. The molecule has 1 amide bonds. The number of benzene rings is 2. The second-order valence-electron chi connectivity index (χ2n) is 7.12. The van der Waals surface area contributed by atoms with Crippen molar-refractivity contribution in [3.05, 3.63) is 57.7 Å². The second-order valence-corrected chi connectivity index (χ2v) is 9.05. The van der Waals surface area contributed by atoms with Crippen LogP contribution in [0.15, 0.2) is 41.4 Å². The number of carbonyl (C=O) groups is 1. The molecule has 1 heterocycles. The smallest absolute Gasteiger partial charge is 0.332 e. The van der Waals surface area contributed by atoms with E-state index in [1.54, 1.807) is 0 Å². The van der Waals surface area contributed by atoms with Crippen molar-refractivity contribution in [3.63, 3.8) is 0 Å². The van der Waals surface area contributed by atoms with Gasteiger partial charge >= 0.3 is 5.51 Å². The lowest BCUT2D eigenvalue weighted by Crippen LogP contribution is -2.48. The van der Waals surface area contributed by atoms with Crippen LogP contribution in [0.1, 0.15) is 29.3 Å². The Hall–Kier alpha value is -2.55. The van der Waals surface area contributed by atoms with Gasteiger partial charge in [0.2, 0.25) is 0 Å². The fraction of sp³-hybridized carbons (Fsp3) is 0.250. The summed E-state index contributed by atoms with van der Waals surface area (Å²) in [6.45, 7) is 1.15. The monoisotopic (exact) mass is 522 g/mol. The first-order valence-corrected chi connectivity index (χ1v) is 10.6. The number of fused-ring (bicyclic) bond motifs is 1. The Balaban J connectivity index is 1.83. The zero-order chi connectivity index (χ0) is 24.6. The van der Waals surface area contributed by atoms with Gasteiger partial charge in [0.15, 0.2) is 0 Å². The summed E-state index contributed by atoms with van der Waals surface area (Å²) >= 11 is 11.7. The van der Waals surface area contributed by atoms with Crippen molar-refractivity contribution in [2.24, 2.45) is 0 Å². The third-order valence-corrected chi connectivity index (χ3v) is 5.99. The highest BCUT2D eigenvalue weighted by Gasteiger charge is 2.31. The van der Waals surface area contributed by atoms with Gasteiger partial charge in [0.25, 0.3) is 12.3 Å². The van der Waals surface area contributed by atoms with Gasteiger partial charge in [-0.3, -0.25) is 9.48 Å². The first-order valence-electron chi connectivity index (χ1n) is 9.04. The second kappa shape index (κ2) is 9.37. The minimum absolute atomic E-state index is 0.0174. The van der Waals surface area contributed by atoms with Crippen LogP contribution in [0.3, 0.4) is 0 Å². The number of aromatic nitrogens is 2. The molecule has 1 N–H and O–H groups in total. The molecule has 1 aromatic heterocycles. The summed E-state index contributed by atoms with van der Waals surface area (Å²) in [6, 6.07) is 7.62. The van der Waals surface area contributed by atoms with E-state index in [4.69, 9.17) is 23.2 Å². The zero-order valence-electron chi connectivity index (χ0n) is 16.6. The van der Waals surface area contributed by atoms with Crippen molar-refractivity contribution >= 4 is 51.8 Å². The lowest BCUT2D eigenvalue weighted by molar-refractivity contribution is -0.0328. The van der Waals surface area contributed by atoms with Gasteiger partial charge in [-0.25, -0.2) is 8.78 Å². The lowest BCUT2D eigenvalue weighted by atomic mass is 10.0. The van der Waals surface area contributed by atoms with Crippen LogP contribution < -0.4 is 5.32 Å². The van der Waals surface area contributed by atoms with E-state index in [1.807, 2.05) is 6.07 Å². The molecular formula is C20H13Cl2F5N4OS. The third-order valence-electron chi connectivity index (χ3n) is 4.47. The quantitative estimate of drug-likeness (QED) is 0.292. The number of hydrogen-bond acceptors (Lipinski definition) is 4.